The molecule has 6 heteroatoms. The van der Waals surface area contributed by atoms with E-state index in [4.69, 9.17) is 5.11 Å². The molecule has 1 aliphatic heterocycles. The number of hydrogen-bond acceptors (Lipinski definition) is 4. The van der Waals surface area contributed by atoms with Gasteiger partial charge in [0.25, 0.3) is 0 Å². The maximum absolute atomic E-state index is 11.9. The highest BCUT2D eigenvalue weighted by Gasteiger charge is 2.27. The predicted molar refractivity (Wildman–Crippen MR) is 70.0 cm³/mol. The topological polar surface area (TPSA) is 78.4 Å². The van der Waals surface area contributed by atoms with Gasteiger partial charge < -0.3 is 10.4 Å². The highest BCUT2D eigenvalue weighted by molar-refractivity contribution is 7.90. The number of rotatable bonds is 5. The van der Waals surface area contributed by atoms with E-state index >= 15 is 0 Å². The summed E-state index contributed by atoms with van der Waals surface area (Å²) < 4.78 is 26.4. The van der Waals surface area contributed by atoms with Crippen LogP contribution >= 0.6 is 0 Å². The largest absolute Gasteiger partial charge is 0.508 e. The molecule has 1 saturated heterocycles. The van der Waals surface area contributed by atoms with Crippen LogP contribution in [-0.2, 0) is 16.4 Å². The van der Waals surface area contributed by atoms with E-state index in [1.165, 1.54) is 0 Å². The molecule has 0 aliphatic carbocycles. The Morgan fingerprint density at radius 1 is 1.33 bits per heavy atom. The standard InChI is InChI=1S/C12H18N2O3S/c15-11-3-1-10(2-4-11)5-8-14-18(16,17)12-6-7-13-9-12/h1-4,12-15H,5-9H2. The molecule has 5 nitrogen and oxygen atoms in total. The van der Waals surface area contributed by atoms with Crippen molar-refractivity contribution in [2.45, 2.75) is 18.1 Å². The molecule has 100 valence electrons. The van der Waals surface area contributed by atoms with Gasteiger partial charge in [0.2, 0.25) is 10.0 Å². The first-order valence-electron chi connectivity index (χ1n) is 6.05. The Labute approximate surface area is 107 Å². The van der Waals surface area contributed by atoms with E-state index in [1.807, 2.05) is 0 Å². The Morgan fingerprint density at radius 3 is 2.67 bits per heavy atom. The number of aromatic hydroxyl groups is 1. The Kier molecular flexibility index (Phi) is 4.21. The lowest BCUT2D eigenvalue weighted by molar-refractivity contribution is 0.475. The third-order valence-electron chi connectivity index (χ3n) is 3.11. The first-order chi connectivity index (χ1) is 8.58. The van der Waals surface area contributed by atoms with Crippen LogP contribution in [0.2, 0.25) is 0 Å². The fourth-order valence-corrected chi connectivity index (χ4v) is 3.40. The van der Waals surface area contributed by atoms with E-state index < -0.39 is 10.0 Å². The van der Waals surface area contributed by atoms with E-state index in [0.717, 1.165) is 12.1 Å². The molecule has 1 fully saturated rings. The zero-order valence-corrected chi connectivity index (χ0v) is 10.9. The first kappa shape index (κ1) is 13.3. The molecule has 1 aromatic rings. The summed E-state index contributed by atoms with van der Waals surface area (Å²) in [6.07, 6.45) is 1.30. The summed E-state index contributed by atoms with van der Waals surface area (Å²) in [5.74, 6) is 0.219. The molecule has 0 aromatic heterocycles. The summed E-state index contributed by atoms with van der Waals surface area (Å²) in [7, 11) is -3.20. The highest BCUT2D eigenvalue weighted by atomic mass is 32.2. The molecule has 0 bridgehead atoms. The van der Waals surface area contributed by atoms with Crippen molar-refractivity contribution < 1.29 is 13.5 Å². The van der Waals surface area contributed by atoms with Gasteiger partial charge in [-0.25, -0.2) is 13.1 Å². The van der Waals surface area contributed by atoms with Crippen LogP contribution in [0.3, 0.4) is 0 Å². The van der Waals surface area contributed by atoms with Gasteiger partial charge in [0, 0.05) is 13.1 Å². The number of phenolic OH excluding ortho intramolecular Hbond substituents is 1. The minimum Gasteiger partial charge on any atom is -0.508 e. The van der Waals surface area contributed by atoms with E-state index in [-0.39, 0.29) is 11.0 Å². The quantitative estimate of drug-likeness (QED) is 0.715. The van der Waals surface area contributed by atoms with Crippen LogP contribution in [0.15, 0.2) is 24.3 Å². The third kappa shape index (κ3) is 3.44. The van der Waals surface area contributed by atoms with Crippen molar-refractivity contribution in [3.8, 4) is 5.75 Å². The molecule has 0 spiro atoms. The van der Waals surface area contributed by atoms with Crippen molar-refractivity contribution in [1.82, 2.24) is 10.0 Å². The number of nitrogens with one attached hydrogen (secondary N) is 2. The molecule has 1 unspecified atom stereocenters. The summed E-state index contributed by atoms with van der Waals surface area (Å²) in [6, 6.07) is 6.79. The average molecular weight is 270 g/mol. The number of sulfonamides is 1. The molecule has 1 heterocycles. The number of phenols is 1. The molecule has 0 amide bonds. The number of hydrogen-bond donors (Lipinski definition) is 3. The maximum atomic E-state index is 11.9. The van der Waals surface area contributed by atoms with E-state index in [0.29, 0.717) is 25.9 Å². The van der Waals surface area contributed by atoms with Gasteiger partial charge in [-0.2, -0.15) is 0 Å². The fourth-order valence-electron chi connectivity index (χ4n) is 2.01. The molecule has 1 aliphatic rings. The second kappa shape index (κ2) is 5.69. The molecule has 2 rings (SSSR count). The van der Waals surface area contributed by atoms with Crippen LogP contribution in [-0.4, -0.2) is 38.4 Å². The monoisotopic (exact) mass is 270 g/mol. The van der Waals surface area contributed by atoms with E-state index in [9.17, 15) is 8.42 Å². The zero-order valence-electron chi connectivity index (χ0n) is 10.1. The summed E-state index contributed by atoms with van der Waals surface area (Å²) in [4.78, 5) is 0. The van der Waals surface area contributed by atoms with Crippen molar-refractivity contribution in [2.24, 2.45) is 0 Å². The Morgan fingerprint density at radius 2 is 2.06 bits per heavy atom. The van der Waals surface area contributed by atoms with Gasteiger partial charge in [0.1, 0.15) is 5.75 Å². The van der Waals surface area contributed by atoms with Crippen LogP contribution in [0.4, 0.5) is 0 Å². The minimum absolute atomic E-state index is 0.219. The second-order valence-electron chi connectivity index (χ2n) is 4.47. The number of benzene rings is 1. The molecular weight excluding hydrogens is 252 g/mol. The van der Waals surface area contributed by atoms with E-state index in [1.54, 1.807) is 24.3 Å². The third-order valence-corrected chi connectivity index (χ3v) is 4.99. The van der Waals surface area contributed by atoms with Crippen LogP contribution < -0.4 is 10.0 Å². The van der Waals surface area contributed by atoms with Gasteiger partial charge in [0.15, 0.2) is 0 Å². The Balaban J connectivity index is 1.82. The second-order valence-corrected chi connectivity index (χ2v) is 6.52. The van der Waals surface area contributed by atoms with Gasteiger partial charge >= 0.3 is 0 Å². The van der Waals surface area contributed by atoms with Crippen LogP contribution in [0.1, 0.15) is 12.0 Å². The van der Waals surface area contributed by atoms with Crippen molar-refractivity contribution >= 4 is 10.0 Å². The van der Waals surface area contributed by atoms with Gasteiger partial charge in [-0.05, 0) is 37.1 Å². The van der Waals surface area contributed by atoms with Gasteiger partial charge in [-0.15, -0.1) is 0 Å². The van der Waals surface area contributed by atoms with Crippen molar-refractivity contribution in [3.05, 3.63) is 29.8 Å². The molecule has 1 aromatic carbocycles. The molecule has 0 radical (unpaired) electrons. The molecular formula is C12H18N2O3S. The first-order valence-corrected chi connectivity index (χ1v) is 7.60. The predicted octanol–water partition coefficient (Wildman–Crippen LogP) is 0.216. The minimum atomic E-state index is -3.20. The summed E-state index contributed by atoms with van der Waals surface area (Å²) in [5, 5.41) is 11.9. The van der Waals surface area contributed by atoms with Gasteiger partial charge in [-0.1, -0.05) is 12.1 Å². The Bertz CT molecular complexity index is 479. The lowest BCUT2D eigenvalue weighted by Crippen LogP contribution is -2.36. The molecule has 18 heavy (non-hydrogen) atoms. The zero-order chi connectivity index (χ0) is 13.0. The SMILES string of the molecule is O=S(=O)(NCCc1ccc(O)cc1)C1CCNC1. The molecule has 3 N–H and O–H groups in total. The van der Waals surface area contributed by atoms with Crippen LogP contribution in [0.25, 0.3) is 0 Å². The summed E-state index contributed by atoms with van der Waals surface area (Å²) in [6.45, 7) is 1.70. The van der Waals surface area contributed by atoms with Crippen LogP contribution in [0.5, 0.6) is 5.75 Å². The van der Waals surface area contributed by atoms with Crippen molar-refractivity contribution in [1.29, 1.82) is 0 Å². The van der Waals surface area contributed by atoms with Gasteiger partial charge in [-0.3, -0.25) is 0 Å². The van der Waals surface area contributed by atoms with Crippen molar-refractivity contribution in [2.75, 3.05) is 19.6 Å². The normalized spacial score (nSPS) is 20.1. The van der Waals surface area contributed by atoms with Crippen molar-refractivity contribution in [3.63, 3.8) is 0 Å². The molecule has 0 saturated carbocycles. The summed E-state index contributed by atoms with van der Waals surface area (Å²) in [5.41, 5.74) is 1.00. The van der Waals surface area contributed by atoms with Crippen LogP contribution in [0, 0.1) is 0 Å². The lowest BCUT2D eigenvalue weighted by Gasteiger charge is -2.11. The maximum Gasteiger partial charge on any atom is 0.215 e. The Hall–Kier alpha value is -1.11. The smallest absolute Gasteiger partial charge is 0.215 e. The highest BCUT2D eigenvalue weighted by Crippen LogP contribution is 2.11. The van der Waals surface area contributed by atoms with E-state index in [2.05, 4.69) is 10.0 Å². The lowest BCUT2D eigenvalue weighted by atomic mass is 10.1. The average Bonchev–Trinajstić information content (AvgIpc) is 2.86. The van der Waals surface area contributed by atoms with Gasteiger partial charge in [0.05, 0.1) is 5.25 Å². The fraction of sp³-hybridized carbons (Fsp3) is 0.500. The summed E-state index contributed by atoms with van der Waals surface area (Å²) >= 11 is 0. The molecule has 1 atom stereocenters.